The van der Waals surface area contributed by atoms with Crippen LogP contribution in [0.15, 0.2) is 0 Å². The number of aliphatic hydroxyl groups excluding tert-OH is 1. The van der Waals surface area contributed by atoms with Crippen molar-refractivity contribution in [2.45, 2.75) is 156 Å². The van der Waals surface area contributed by atoms with Gasteiger partial charge in [-0.05, 0) is 136 Å². The van der Waals surface area contributed by atoms with Gasteiger partial charge in [0.2, 0.25) is 0 Å². The van der Waals surface area contributed by atoms with E-state index in [0.717, 1.165) is 24.7 Å². The monoisotopic (exact) mass is 617 g/mol. The number of hydrogen-bond donors (Lipinski definition) is 1. The molecule has 2 spiro atoms. The van der Waals surface area contributed by atoms with E-state index in [4.69, 9.17) is 18.9 Å². The van der Waals surface area contributed by atoms with Crippen molar-refractivity contribution in [3.8, 4) is 0 Å². The molecule has 7 aliphatic rings. The van der Waals surface area contributed by atoms with E-state index in [0.29, 0.717) is 53.9 Å². The first kappa shape index (κ1) is 31.7. The lowest BCUT2D eigenvalue weighted by Gasteiger charge is -2.60. The van der Waals surface area contributed by atoms with Crippen LogP contribution in [0.2, 0.25) is 0 Å². The van der Waals surface area contributed by atoms with Crippen molar-refractivity contribution in [3.05, 3.63) is 0 Å². The number of morpholine rings is 1. The van der Waals surface area contributed by atoms with Crippen LogP contribution in [0.5, 0.6) is 0 Å². The number of ether oxygens (including phenoxy) is 4. The zero-order valence-corrected chi connectivity index (χ0v) is 28.9. The first-order valence-electron chi connectivity index (χ1n) is 18.2. The van der Waals surface area contributed by atoms with E-state index < -0.39 is 11.9 Å². The standard InChI is InChI=1S/C37H61NO6.H2/c1-22(2)31(39)26-11-9-24-27(42-26)19-25-23-10-12-28-34(6,7)29(13-14-37(28)21-36(23,37)16-15-35(24,25)8)43-30-20-38(17-18-41-30)32(40)44-33(3,4)5;/h22-31,39H,9-21H2,1-8H3;1H/t23?,24?,25?,26?,27?,28?,29-,30?,31+,35+,36-,37?;/m0./s1. The van der Waals surface area contributed by atoms with Crippen LogP contribution < -0.4 is 0 Å². The fourth-order valence-corrected chi connectivity index (χ4v) is 12.6. The van der Waals surface area contributed by atoms with E-state index in [9.17, 15) is 9.90 Å². The van der Waals surface area contributed by atoms with Gasteiger partial charge in [-0.3, -0.25) is 0 Å². The Morgan fingerprint density at radius 2 is 1.73 bits per heavy atom. The van der Waals surface area contributed by atoms with Gasteiger partial charge in [0.15, 0.2) is 6.29 Å². The van der Waals surface area contributed by atoms with Crippen molar-refractivity contribution in [1.82, 2.24) is 4.90 Å². The molecule has 44 heavy (non-hydrogen) atoms. The van der Waals surface area contributed by atoms with Gasteiger partial charge in [-0.25, -0.2) is 4.79 Å². The largest absolute Gasteiger partial charge is 0.444 e. The van der Waals surface area contributed by atoms with Crippen molar-refractivity contribution >= 4 is 6.09 Å². The van der Waals surface area contributed by atoms with Crippen LogP contribution in [0.4, 0.5) is 4.79 Å². The lowest BCUT2D eigenvalue weighted by Crippen LogP contribution is -2.56. The molecule has 12 atom stereocenters. The molecule has 0 aromatic rings. The molecule has 8 unspecified atom stereocenters. The predicted molar refractivity (Wildman–Crippen MR) is 171 cm³/mol. The third kappa shape index (κ3) is 4.74. The van der Waals surface area contributed by atoms with Crippen LogP contribution >= 0.6 is 0 Å². The summed E-state index contributed by atoms with van der Waals surface area (Å²) in [6.45, 7) is 19.0. The molecule has 0 bridgehead atoms. The predicted octanol–water partition coefficient (Wildman–Crippen LogP) is 7.43. The average Bonchev–Trinajstić information content (AvgIpc) is 3.53. The third-order valence-corrected chi connectivity index (χ3v) is 14.6. The van der Waals surface area contributed by atoms with Gasteiger partial charge >= 0.3 is 6.09 Å². The van der Waals surface area contributed by atoms with Crippen molar-refractivity contribution in [1.29, 1.82) is 0 Å². The number of aliphatic hydroxyl groups is 1. The molecule has 7 rings (SSSR count). The van der Waals surface area contributed by atoms with Crippen LogP contribution in [-0.2, 0) is 18.9 Å². The molecule has 5 aliphatic carbocycles. The van der Waals surface area contributed by atoms with Crippen LogP contribution in [0, 0.1) is 51.2 Å². The van der Waals surface area contributed by atoms with E-state index in [2.05, 4.69) is 34.6 Å². The first-order valence-corrected chi connectivity index (χ1v) is 18.2. The van der Waals surface area contributed by atoms with Crippen LogP contribution in [0.1, 0.15) is 121 Å². The summed E-state index contributed by atoms with van der Waals surface area (Å²) in [6.07, 6.45) is 12.0. The van der Waals surface area contributed by atoms with Crippen LogP contribution in [0.3, 0.4) is 0 Å². The topological polar surface area (TPSA) is 77.5 Å². The fraction of sp³-hybridized carbons (Fsp3) is 0.973. The second kappa shape index (κ2) is 10.6. The highest BCUT2D eigenvalue weighted by Gasteiger charge is 2.80. The molecular formula is C37H63NO6. The zero-order chi connectivity index (χ0) is 31.4. The van der Waals surface area contributed by atoms with Gasteiger partial charge in [0, 0.05) is 7.97 Å². The van der Waals surface area contributed by atoms with Crippen molar-refractivity contribution < 1.29 is 30.3 Å². The lowest BCUT2D eigenvalue weighted by molar-refractivity contribution is -0.243. The quantitative estimate of drug-likeness (QED) is 0.354. The van der Waals surface area contributed by atoms with Crippen LogP contribution in [0.25, 0.3) is 0 Å². The Morgan fingerprint density at radius 3 is 2.45 bits per heavy atom. The molecule has 2 aliphatic heterocycles. The molecule has 0 aromatic carbocycles. The van der Waals surface area contributed by atoms with Gasteiger partial charge < -0.3 is 29.0 Å². The van der Waals surface area contributed by atoms with Gasteiger partial charge in [0.1, 0.15) is 5.60 Å². The fourth-order valence-electron chi connectivity index (χ4n) is 12.6. The van der Waals surface area contributed by atoms with Crippen molar-refractivity contribution in [2.24, 2.45) is 51.2 Å². The summed E-state index contributed by atoms with van der Waals surface area (Å²) in [6, 6.07) is 0. The number of carbonyl (C=O) groups is 1. The van der Waals surface area contributed by atoms with Crippen molar-refractivity contribution in [3.63, 3.8) is 0 Å². The Labute approximate surface area is 267 Å². The Bertz CT molecular complexity index is 1120. The van der Waals surface area contributed by atoms with Gasteiger partial charge in [0.05, 0.1) is 37.6 Å². The summed E-state index contributed by atoms with van der Waals surface area (Å²) in [5.74, 6) is 3.15. The smallest absolute Gasteiger partial charge is 0.410 e. The van der Waals surface area contributed by atoms with E-state index in [1.54, 1.807) is 4.90 Å². The van der Waals surface area contributed by atoms with E-state index in [-0.39, 0.29) is 37.2 Å². The summed E-state index contributed by atoms with van der Waals surface area (Å²) in [7, 11) is 0. The molecule has 7 heteroatoms. The molecule has 1 amide bonds. The van der Waals surface area contributed by atoms with Gasteiger partial charge in [0.25, 0.3) is 0 Å². The molecule has 5 saturated carbocycles. The zero-order valence-electron chi connectivity index (χ0n) is 28.9. The second-order valence-corrected chi connectivity index (χ2v) is 18.4. The minimum absolute atomic E-state index is 0. The number of hydrogen-bond acceptors (Lipinski definition) is 6. The molecule has 2 saturated heterocycles. The number of rotatable bonds is 4. The molecule has 2 heterocycles. The number of fused-ring (bicyclic) bond motifs is 4. The maximum atomic E-state index is 12.8. The Balaban J connectivity index is 0.00000357. The molecule has 0 aromatic heterocycles. The molecule has 7 nitrogen and oxygen atoms in total. The average molecular weight is 618 g/mol. The molecule has 0 radical (unpaired) electrons. The van der Waals surface area contributed by atoms with E-state index >= 15 is 0 Å². The number of amides is 1. The lowest BCUT2D eigenvalue weighted by atomic mass is 9.46. The van der Waals surface area contributed by atoms with E-state index in [1.165, 1.54) is 51.4 Å². The van der Waals surface area contributed by atoms with Crippen molar-refractivity contribution in [2.75, 3.05) is 19.7 Å². The Hall–Kier alpha value is -0.890. The highest BCUT2D eigenvalue weighted by atomic mass is 16.7. The Morgan fingerprint density at radius 1 is 0.977 bits per heavy atom. The highest BCUT2D eigenvalue weighted by Crippen LogP contribution is 2.87. The van der Waals surface area contributed by atoms with Gasteiger partial charge in [-0.15, -0.1) is 0 Å². The first-order chi connectivity index (χ1) is 20.6. The minimum Gasteiger partial charge on any atom is -0.444 e. The second-order valence-electron chi connectivity index (χ2n) is 18.4. The summed E-state index contributed by atoms with van der Waals surface area (Å²) in [5, 5.41) is 10.8. The van der Waals surface area contributed by atoms with Gasteiger partial charge in [-0.1, -0.05) is 34.6 Å². The maximum Gasteiger partial charge on any atom is 0.410 e. The SMILES string of the molecule is CC(C)[C@@H](O)C1CCC2C(CC3C4CCC5C(C)(C)[C@@H](OC6CN(C(=O)OC(C)(C)C)CCO6)CCC56C[C@@]46CC[C@]23C)O1.[HH]. The molecule has 7 fully saturated rings. The minimum atomic E-state index is -0.511. The normalized spacial score (nSPS) is 48.4. The summed E-state index contributed by atoms with van der Waals surface area (Å²) in [5.41, 5.74) is 0.906. The number of carbonyl (C=O) groups excluding carboxylic acids is 1. The molecule has 252 valence electrons. The van der Waals surface area contributed by atoms with Crippen LogP contribution in [-0.4, -0.2) is 72.1 Å². The highest BCUT2D eigenvalue weighted by molar-refractivity contribution is 5.68. The Kier molecular flexibility index (Phi) is 7.60. The molecule has 1 N–H and O–H groups in total. The van der Waals surface area contributed by atoms with Gasteiger partial charge in [-0.2, -0.15) is 0 Å². The summed E-state index contributed by atoms with van der Waals surface area (Å²) in [4.78, 5) is 14.5. The van der Waals surface area contributed by atoms with E-state index in [1.807, 2.05) is 20.8 Å². The summed E-state index contributed by atoms with van der Waals surface area (Å²) < 4.78 is 25.3. The maximum absolute atomic E-state index is 12.8. The molecular weight excluding hydrogens is 554 g/mol. The number of nitrogens with zero attached hydrogens (tertiary/aromatic N) is 1. The summed E-state index contributed by atoms with van der Waals surface area (Å²) >= 11 is 0. The third-order valence-electron chi connectivity index (χ3n) is 14.6.